The predicted molar refractivity (Wildman–Crippen MR) is 135 cm³/mol. The second-order valence-corrected chi connectivity index (χ2v) is 9.35. The summed E-state index contributed by atoms with van der Waals surface area (Å²) in [5.41, 5.74) is 4.47. The topological polar surface area (TPSA) is 54.0 Å². The zero-order valence-electron chi connectivity index (χ0n) is 20.0. The first-order chi connectivity index (χ1) is 16.5. The molecular formula is C28H31N3O3. The summed E-state index contributed by atoms with van der Waals surface area (Å²) < 4.78 is 10.8. The van der Waals surface area contributed by atoms with Crippen LogP contribution in [0.1, 0.15) is 24.5 Å². The first kappa shape index (κ1) is 22.3. The second-order valence-electron chi connectivity index (χ2n) is 9.35. The lowest BCUT2D eigenvalue weighted by Gasteiger charge is -2.34. The molecule has 6 nitrogen and oxygen atoms in total. The summed E-state index contributed by atoms with van der Waals surface area (Å²) in [6, 6.07) is 23.8. The minimum Gasteiger partial charge on any atom is -0.497 e. The molecule has 0 aliphatic carbocycles. The minimum absolute atomic E-state index is 0.00734. The van der Waals surface area contributed by atoms with Crippen LogP contribution in [0.25, 0.3) is 0 Å². The number of rotatable bonds is 6. The molecule has 1 N–H and O–H groups in total. The fourth-order valence-electron chi connectivity index (χ4n) is 5.53. The number of likely N-dealkylation sites (N-methyl/N-ethyl adjacent to an activating group) is 1. The third-order valence-corrected chi connectivity index (χ3v) is 7.24. The number of nitrogens with one attached hydrogen (secondary N) is 1. The highest BCUT2D eigenvalue weighted by atomic mass is 16.6. The normalized spacial score (nSPS) is 21.1. The molecule has 0 radical (unpaired) electrons. The van der Waals surface area contributed by atoms with Crippen molar-refractivity contribution in [3.05, 3.63) is 83.9 Å². The number of amides is 1. The molecule has 1 fully saturated rings. The highest BCUT2D eigenvalue weighted by molar-refractivity contribution is 5.86. The van der Waals surface area contributed by atoms with E-state index in [0.717, 1.165) is 31.7 Å². The van der Waals surface area contributed by atoms with Crippen LogP contribution in [0.2, 0.25) is 0 Å². The Morgan fingerprint density at radius 1 is 1.06 bits per heavy atom. The summed E-state index contributed by atoms with van der Waals surface area (Å²) in [5.74, 6) is 1.29. The molecule has 1 amide bonds. The molecule has 0 unspecified atom stereocenters. The van der Waals surface area contributed by atoms with Crippen molar-refractivity contribution in [1.82, 2.24) is 4.90 Å². The van der Waals surface area contributed by atoms with E-state index in [0.29, 0.717) is 17.6 Å². The maximum atomic E-state index is 12.5. The maximum absolute atomic E-state index is 12.5. The van der Waals surface area contributed by atoms with Gasteiger partial charge in [-0.15, -0.1) is 0 Å². The first-order valence-corrected chi connectivity index (χ1v) is 11.8. The van der Waals surface area contributed by atoms with E-state index in [1.165, 1.54) is 16.8 Å². The molecule has 0 aromatic heterocycles. The molecule has 0 bridgehead atoms. The van der Waals surface area contributed by atoms with Crippen molar-refractivity contribution < 1.29 is 14.3 Å². The van der Waals surface area contributed by atoms with Crippen LogP contribution in [-0.2, 0) is 11.8 Å². The van der Waals surface area contributed by atoms with Gasteiger partial charge in [0.05, 0.1) is 13.3 Å². The van der Waals surface area contributed by atoms with Gasteiger partial charge >= 0.3 is 6.09 Å². The van der Waals surface area contributed by atoms with Crippen LogP contribution >= 0.6 is 0 Å². The smallest absolute Gasteiger partial charge is 0.417 e. The number of benzene rings is 3. The van der Waals surface area contributed by atoms with Crippen LogP contribution in [0.4, 0.5) is 16.2 Å². The molecule has 176 valence electrons. The number of carbonyl (C=O) groups excluding carboxylic acids is 1. The predicted octanol–water partition coefficient (Wildman–Crippen LogP) is 5.29. The average Bonchev–Trinajstić information content (AvgIpc) is 3.30. The molecule has 3 aromatic carbocycles. The fraction of sp³-hybridized carbons (Fsp3) is 0.321. The van der Waals surface area contributed by atoms with Crippen LogP contribution in [-0.4, -0.2) is 44.4 Å². The van der Waals surface area contributed by atoms with Gasteiger partial charge in [0.25, 0.3) is 0 Å². The molecular weight excluding hydrogens is 426 g/mol. The Morgan fingerprint density at radius 3 is 2.53 bits per heavy atom. The average molecular weight is 458 g/mol. The molecule has 2 aliphatic rings. The number of hydrogen-bond donors (Lipinski definition) is 1. The van der Waals surface area contributed by atoms with Gasteiger partial charge in [-0.25, -0.2) is 4.79 Å². The number of anilines is 2. The molecule has 0 saturated carbocycles. The molecule has 34 heavy (non-hydrogen) atoms. The summed E-state index contributed by atoms with van der Waals surface area (Å²) in [6.07, 6.45) is 1.91. The third kappa shape index (κ3) is 4.10. The van der Waals surface area contributed by atoms with Crippen LogP contribution in [0.5, 0.6) is 11.5 Å². The highest BCUT2D eigenvalue weighted by Gasteiger charge is 2.53. The van der Waals surface area contributed by atoms with Crippen molar-refractivity contribution in [3.63, 3.8) is 0 Å². The lowest BCUT2D eigenvalue weighted by Crippen LogP contribution is -2.47. The van der Waals surface area contributed by atoms with E-state index in [1.54, 1.807) is 31.4 Å². The van der Waals surface area contributed by atoms with E-state index in [1.807, 2.05) is 12.1 Å². The van der Waals surface area contributed by atoms with E-state index in [4.69, 9.17) is 9.47 Å². The van der Waals surface area contributed by atoms with Crippen molar-refractivity contribution in [2.75, 3.05) is 37.5 Å². The molecule has 3 aromatic rings. The zero-order chi connectivity index (χ0) is 23.7. The standard InChI is InChI=1S/C28H31N3O3/c1-28-16-18-31(17-15-20-7-5-4-6-8-20)26(28)30(2)25-14-13-23(19-24(25)28)34-27(32)29-21-9-11-22(33-3)12-10-21/h4-14,19,26H,15-18H2,1-3H3,(H,29,32)/t26-,28-/m0/s1. The van der Waals surface area contributed by atoms with Gasteiger partial charge in [0.2, 0.25) is 0 Å². The number of likely N-dealkylation sites (tertiary alicyclic amines) is 1. The molecule has 0 spiro atoms. The van der Waals surface area contributed by atoms with Gasteiger partial charge < -0.3 is 14.4 Å². The van der Waals surface area contributed by atoms with Crippen LogP contribution in [0, 0.1) is 0 Å². The Hall–Kier alpha value is -3.51. The number of ether oxygens (including phenoxy) is 2. The quantitative estimate of drug-likeness (QED) is 0.545. The molecule has 2 atom stereocenters. The molecule has 1 saturated heterocycles. The van der Waals surface area contributed by atoms with Gasteiger partial charge in [0, 0.05) is 36.9 Å². The van der Waals surface area contributed by atoms with Gasteiger partial charge in [-0.05, 0) is 66.4 Å². The molecule has 2 aliphatic heterocycles. The Bertz CT molecular complexity index is 1170. The van der Waals surface area contributed by atoms with Crippen LogP contribution < -0.4 is 19.7 Å². The monoisotopic (exact) mass is 457 g/mol. The molecule has 5 rings (SSSR count). The van der Waals surface area contributed by atoms with E-state index in [-0.39, 0.29) is 5.41 Å². The largest absolute Gasteiger partial charge is 0.497 e. The van der Waals surface area contributed by atoms with E-state index < -0.39 is 6.09 Å². The van der Waals surface area contributed by atoms with Crippen molar-refractivity contribution in [2.24, 2.45) is 0 Å². The van der Waals surface area contributed by atoms with Gasteiger partial charge in [-0.2, -0.15) is 0 Å². The van der Waals surface area contributed by atoms with Crippen molar-refractivity contribution in [2.45, 2.75) is 31.3 Å². The summed E-state index contributed by atoms with van der Waals surface area (Å²) in [7, 11) is 3.78. The molecule has 6 heteroatoms. The third-order valence-electron chi connectivity index (χ3n) is 7.24. The first-order valence-electron chi connectivity index (χ1n) is 11.8. The Morgan fingerprint density at radius 2 is 1.79 bits per heavy atom. The minimum atomic E-state index is -0.505. The number of carbonyl (C=O) groups is 1. The number of hydrogen-bond acceptors (Lipinski definition) is 5. The van der Waals surface area contributed by atoms with Crippen molar-refractivity contribution in [1.29, 1.82) is 0 Å². The van der Waals surface area contributed by atoms with Crippen LogP contribution in [0.15, 0.2) is 72.8 Å². The molecule has 2 heterocycles. The van der Waals surface area contributed by atoms with Crippen molar-refractivity contribution in [3.8, 4) is 11.5 Å². The van der Waals surface area contributed by atoms with Crippen molar-refractivity contribution >= 4 is 17.5 Å². The lowest BCUT2D eigenvalue weighted by atomic mass is 9.81. The maximum Gasteiger partial charge on any atom is 0.417 e. The Kier molecular flexibility index (Phi) is 5.92. The number of nitrogens with zero attached hydrogens (tertiary/aromatic N) is 2. The number of methoxy groups -OCH3 is 1. The van der Waals surface area contributed by atoms with Gasteiger partial charge in [-0.3, -0.25) is 10.2 Å². The summed E-state index contributed by atoms with van der Waals surface area (Å²) in [5, 5.41) is 2.78. The highest BCUT2D eigenvalue weighted by Crippen LogP contribution is 2.52. The van der Waals surface area contributed by atoms with Gasteiger partial charge in [0.1, 0.15) is 11.5 Å². The Balaban J connectivity index is 1.28. The number of fused-ring (bicyclic) bond motifs is 3. The summed E-state index contributed by atoms with van der Waals surface area (Å²) >= 11 is 0. The zero-order valence-corrected chi connectivity index (χ0v) is 20.0. The van der Waals surface area contributed by atoms with E-state index >= 15 is 0 Å². The van der Waals surface area contributed by atoms with E-state index in [9.17, 15) is 4.79 Å². The van der Waals surface area contributed by atoms with E-state index in [2.05, 4.69) is 65.5 Å². The fourth-order valence-corrected chi connectivity index (χ4v) is 5.53. The van der Waals surface area contributed by atoms with Gasteiger partial charge in [0.15, 0.2) is 0 Å². The van der Waals surface area contributed by atoms with Crippen LogP contribution in [0.3, 0.4) is 0 Å². The summed E-state index contributed by atoms with van der Waals surface area (Å²) in [6.45, 7) is 4.42. The lowest BCUT2D eigenvalue weighted by molar-refractivity contribution is 0.215. The SMILES string of the molecule is COc1ccc(NC(=O)Oc2ccc3c(c2)[C@]2(C)CCN(CCc4ccccc4)[C@@H]2N3C)cc1. The second kappa shape index (κ2) is 9.03. The summed E-state index contributed by atoms with van der Waals surface area (Å²) in [4.78, 5) is 17.5. The van der Waals surface area contributed by atoms with Gasteiger partial charge in [-0.1, -0.05) is 37.3 Å². The Labute approximate surface area is 201 Å².